The van der Waals surface area contributed by atoms with E-state index in [1.54, 1.807) is 40.5 Å². The van der Waals surface area contributed by atoms with E-state index in [9.17, 15) is 14.4 Å². The number of nitrogens with zero attached hydrogens (tertiary/aromatic N) is 2. The molecule has 0 aliphatic carbocycles. The van der Waals surface area contributed by atoms with Gasteiger partial charge in [-0.1, -0.05) is 42.5 Å². The van der Waals surface area contributed by atoms with E-state index >= 15 is 0 Å². The van der Waals surface area contributed by atoms with Crippen LogP contribution >= 0.6 is 11.3 Å². The number of fused-ring (bicyclic) bond motifs is 1. The fourth-order valence-corrected chi connectivity index (χ4v) is 4.48. The first-order valence-electron chi connectivity index (χ1n) is 9.85. The van der Waals surface area contributed by atoms with Crippen LogP contribution in [0.25, 0.3) is 0 Å². The molecule has 152 valence electrons. The first-order valence-corrected chi connectivity index (χ1v) is 10.7. The van der Waals surface area contributed by atoms with Gasteiger partial charge in [0.1, 0.15) is 6.54 Å². The number of rotatable bonds is 7. The predicted octanol–water partition coefficient (Wildman–Crippen LogP) is 3.92. The van der Waals surface area contributed by atoms with Gasteiger partial charge in [0, 0.05) is 16.3 Å². The molecule has 1 aromatic heterocycles. The number of amides is 3. The van der Waals surface area contributed by atoms with Crippen LogP contribution in [0.5, 0.6) is 0 Å². The molecule has 0 spiro atoms. The average Bonchev–Trinajstić information content (AvgIpc) is 3.28. The molecule has 0 atom stereocenters. The highest BCUT2D eigenvalue weighted by Crippen LogP contribution is 2.23. The standard InChI is InChI=1S/C24H22N2O3S/c1-17-11-12-19(30-17)15-25(14-13-18-7-3-2-4-8-18)22(27)16-26-23(28)20-9-5-6-10-21(20)24(26)29/h2-12H,13-16H2,1H3. The third-order valence-electron chi connectivity index (χ3n) is 5.18. The summed E-state index contributed by atoms with van der Waals surface area (Å²) in [6, 6.07) is 20.7. The molecule has 2 heterocycles. The molecule has 0 fully saturated rings. The van der Waals surface area contributed by atoms with Crippen LogP contribution in [-0.4, -0.2) is 40.6 Å². The minimum absolute atomic E-state index is 0.230. The number of hydrogen-bond acceptors (Lipinski definition) is 4. The van der Waals surface area contributed by atoms with Gasteiger partial charge < -0.3 is 4.90 Å². The molecule has 4 rings (SSSR count). The minimum atomic E-state index is -0.404. The van der Waals surface area contributed by atoms with Crippen LogP contribution in [0.4, 0.5) is 0 Å². The summed E-state index contributed by atoms with van der Waals surface area (Å²) in [5.41, 5.74) is 1.86. The Hall–Kier alpha value is -3.25. The quantitative estimate of drug-likeness (QED) is 0.547. The molecule has 1 aliphatic heterocycles. The molecule has 6 heteroatoms. The van der Waals surface area contributed by atoms with Crippen LogP contribution in [-0.2, 0) is 17.8 Å². The van der Waals surface area contributed by atoms with Gasteiger partial charge in [-0.05, 0) is 43.2 Å². The number of benzene rings is 2. The lowest BCUT2D eigenvalue weighted by Gasteiger charge is -2.24. The lowest BCUT2D eigenvalue weighted by molar-refractivity contribution is -0.132. The molecule has 0 unspecified atom stereocenters. The molecule has 3 amide bonds. The maximum Gasteiger partial charge on any atom is 0.262 e. The van der Waals surface area contributed by atoms with Crippen molar-refractivity contribution in [3.8, 4) is 0 Å². The second kappa shape index (κ2) is 8.63. The predicted molar refractivity (Wildman–Crippen MR) is 116 cm³/mol. The minimum Gasteiger partial charge on any atom is -0.336 e. The second-order valence-corrected chi connectivity index (χ2v) is 8.68. The zero-order valence-electron chi connectivity index (χ0n) is 16.7. The molecule has 2 aromatic carbocycles. The SMILES string of the molecule is Cc1ccc(CN(CCc2ccccc2)C(=O)CN2C(=O)c3ccccc3C2=O)s1. The fourth-order valence-electron chi connectivity index (χ4n) is 3.58. The van der Waals surface area contributed by atoms with Crippen molar-refractivity contribution in [2.45, 2.75) is 19.9 Å². The Morgan fingerprint density at radius 3 is 2.13 bits per heavy atom. The number of carbonyl (C=O) groups excluding carboxylic acids is 3. The number of imide groups is 1. The normalized spacial score (nSPS) is 12.9. The van der Waals surface area contributed by atoms with Gasteiger partial charge in [0.15, 0.2) is 0 Å². The van der Waals surface area contributed by atoms with Crippen molar-refractivity contribution in [3.05, 3.63) is 93.2 Å². The zero-order valence-corrected chi connectivity index (χ0v) is 17.5. The largest absolute Gasteiger partial charge is 0.336 e. The van der Waals surface area contributed by atoms with Gasteiger partial charge in [0.05, 0.1) is 17.7 Å². The average molecular weight is 419 g/mol. The van der Waals surface area contributed by atoms with Crippen LogP contribution in [0.15, 0.2) is 66.7 Å². The Morgan fingerprint density at radius 2 is 1.53 bits per heavy atom. The van der Waals surface area contributed by atoms with Gasteiger partial charge in [-0.3, -0.25) is 19.3 Å². The van der Waals surface area contributed by atoms with E-state index in [2.05, 4.69) is 0 Å². The van der Waals surface area contributed by atoms with Crippen molar-refractivity contribution in [1.82, 2.24) is 9.80 Å². The summed E-state index contributed by atoms with van der Waals surface area (Å²) < 4.78 is 0. The highest BCUT2D eigenvalue weighted by atomic mass is 32.1. The Balaban J connectivity index is 1.50. The highest BCUT2D eigenvalue weighted by Gasteiger charge is 2.37. The molecule has 0 radical (unpaired) electrons. The van der Waals surface area contributed by atoms with Crippen molar-refractivity contribution in [1.29, 1.82) is 0 Å². The van der Waals surface area contributed by atoms with E-state index in [1.807, 2.05) is 49.4 Å². The topological polar surface area (TPSA) is 57.7 Å². The molecule has 1 aliphatic rings. The van der Waals surface area contributed by atoms with E-state index in [1.165, 1.54) is 4.88 Å². The summed E-state index contributed by atoms with van der Waals surface area (Å²) in [6.07, 6.45) is 0.707. The van der Waals surface area contributed by atoms with Crippen LogP contribution in [0, 0.1) is 6.92 Å². The smallest absolute Gasteiger partial charge is 0.262 e. The summed E-state index contributed by atoms with van der Waals surface area (Å²) >= 11 is 1.65. The number of hydrogen-bond donors (Lipinski definition) is 0. The third kappa shape index (κ3) is 4.19. The molecule has 0 N–H and O–H groups in total. The first-order chi connectivity index (χ1) is 14.5. The maximum absolute atomic E-state index is 13.2. The Bertz CT molecular complexity index is 1060. The Kier molecular flexibility index (Phi) is 5.77. The first kappa shape index (κ1) is 20.0. The lowest BCUT2D eigenvalue weighted by Crippen LogP contribution is -2.43. The van der Waals surface area contributed by atoms with Crippen molar-refractivity contribution < 1.29 is 14.4 Å². The van der Waals surface area contributed by atoms with E-state index in [4.69, 9.17) is 0 Å². The highest BCUT2D eigenvalue weighted by molar-refractivity contribution is 7.11. The van der Waals surface area contributed by atoms with Crippen molar-refractivity contribution in [2.24, 2.45) is 0 Å². The summed E-state index contributed by atoms with van der Waals surface area (Å²) in [5.74, 6) is -1.04. The maximum atomic E-state index is 13.2. The summed E-state index contributed by atoms with van der Waals surface area (Å²) in [6.45, 7) is 2.77. The van der Waals surface area contributed by atoms with Crippen molar-refractivity contribution in [3.63, 3.8) is 0 Å². The van der Waals surface area contributed by atoms with Crippen molar-refractivity contribution in [2.75, 3.05) is 13.1 Å². The van der Waals surface area contributed by atoms with E-state index < -0.39 is 11.8 Å². The fraction of sp³-hybridized carbons (Fsp3) is 0.208. The number of carbonyl (C=O) groups is 3. The molecular formula is C24H22N2O3S. The molecule has 30 heavy (non-hydrogen) atoms. The summed E-state index contributed by atoms with van der Waals surface area (Å²) in [4.78, 5) is 43.5. The van der Waals surface area contributed by atoms with Crippen molar-refractivity contribution >= 4 is 29.1 Å². The van der Waals surface area contributed by atoms with Gasteiger partial charge in [-0.2, -0.15) is 0 Å². The molecule has 3 aromatic rings. The number of aryl methyl sites for hydroxylation is 1. The van der Waals surface area contributed by atoms with E-state index in [0.717, 1.165) is 15.3 Å². The van der Waals surface area contributed by atoms with Crippen LogP contribution < -0.4 is 0 Å². The van der Waals surface area contributed by atoms with Gasteiger partial charge in [0.2, 0.25) is 5.91 Å². The van der Waals surface area contributed by atoms with Crippen LogP contribution in [0.3, 0.4) is 0 Å². The Morgan fingerprint density at radius 1 is 0.900 bits per heavy atom. The molecule has 0 saturated heterocycles. The van der Waals surface area contributed by atoms with Gasteiger partial charge in [0.25, 0.3) is 11.8 Å². The van der Waals surface area contributed by atoms with E-state index in [-0.39, 0.29) is 12.5 Å². The van der Waals surface area contributed by atoms with Gasteiger partial charge >= 0.3 is 0 Å². The molecular weight excluding hydrogens is 396 g/mol. The monoisotopic (exact) mass is 418 g/mol. The van der Waals surface area contributed by atoms with Gasteiger partial charge in [-0.25, -0.2) is 0 Å². The number of thiophene rings is 1. The van der Waals surface area contributed by atoms with Crippen LogP contribution in [0.1, 0.15) is 36.0 Å². The van der Waals surface area contributed by atoms with Gasteiger partial charge in [-0.15, -0.1) is 11.3 Å². The van der Waals surface area contributed by atoms with Crippen LogP contribution in [0.2, 0.25) is 0 Å². The van der Waals surface area contributed by atoms with E-state index in [0.29, 0.717) is 30.6 Å². The molecule has 0 bridgehead atoms. The molecule has 5 nitrogen and oxygen atoms in total. The second-order valence-electron chi connectivity index (χ2n) is 7.31. The lowest BCUT2D eigenvalue weighted by atomic mass is 10.1. The summed E-state index contributed by atoms with van der Waals surface area (Å²) in [7, 11) is 0. The zero-order chi connectivity index (χ0) is 21.1. The third-order valence-corrected chi connectivity index (χ3v) is 6.17. The Labute approximate surface area is 179 Å². The molecule has 0 saturated carbocycles. The summed E-state index contributed by atoms with van der Waals surface area (Å²) in [5, 5.41) is 0.